The van der Waals surface area contributed by atoms with Crippen molar-refractivity contribution < 1.29 is 36.1 Å². The van der Waals surface area contributed by atoms with E-state index in [4.69, 9.17) is 31.3 Å². The van der Waals surface area contributed by atoms with E-state index in [0.717, 1.165) is 18.2 Å². The summed E-state index contributed by atoms with van der Waals surface area (Å²) in [6, 6.07) is 1.44. The minimum Gasteiger partial charge on any atom is -0.462 e. The Hall–Kier alpha value is -0.246. The predicted molar refractivity (Wildman–Crippen MR) is 112 cm³/mol. The number of thiol groups is 1. The van der Waals surface area contributed by atoms with Gasteiger partial charge in [0.05, 0.1) is 6.61 Å². The van der Waals surface area contributed by atoms with Gasteiger partial charge in [-0.25, -0.2) is 4.79 Å². The highest BCUT2D eigenvalue weighted by molar-refractivity contribution is 7.80. The molecule has 27 heavy (non-hydrogen) atoms. The molecule has 162 valence electrons. The molecule has 0 aromatic rings. The van der Waals surface area contributed by atoms with Crippen LogP contribution in [0.3, 0.4) is 0 Å². The third-order valence-electron chi connectivity index (χ3n) is 3.72. The second kappa shape index (κ2) is 16.7. The number of hydrogen-bond donors (Lipinski definition) is 1. The van der Waals surface area contributed by atoms with Gasteiger partial charge in [0.2, 0.25) is 0 Å². The maximum absolute atomic E-state index is 11.1. The van der Waals surface area contributed by atoms with Crippen molar-refractivity contribution in [1.29, 1.82) is 0 Å². The van der Waals surface area contributed by atoms with Crippen LogP contribution < -0.4 is 0 Å². The first-order valence-electron chi connectivity index (χ1n) is 8.50. The topological polar surface area (TPSA) is 81.7 Å². The fraction of sp³-hybridized carbons (Fsp3) is 0.812. The molecule has 0 fully saturated rings. The molecule has 0 unspecified atom stereocenters. The lowest BCUT2D eigenvalue weighted by molar-refractivity contribution is -0.139. The van der Waals surface area contributed by atoms with Crippen LogP contribution in [-0.2, 0) is 36.1 Å². The quantitative estimate of drug-likeness (QED) is 0.144. The lowest BCUT2D eigenvalue weighted by Crippen LogP contribution is -2.42. The molecular weight excluding hydrogens is 408 g/mol. The minimum atomic E-state index is -2.53. The first-order valence-corrected chi connectivity index (χ1v) is 13.0. The first kappa shape index (κ1) is 29.0. The summed E-state index contributed by atoms with van der Waals surface area (Å²) in [5, 5.41) is 0. The molecule has 0 saturated heterocycles. The normalized spacial score (nSPS) is 11.6. The average Bonchev–Trinajstić information content (AvgIpc) is 2.70. The highest BCUT2D eigenvalue weighted by Crippen LogP contribution is 2.15. The highest BCUT2D eigenvalue weighted by Gasteiger charge is 2.37. The molecule has 0 atom stereocenters. The third kappa shape index (κ3) is 12.0. The van der Waals surface area contributed by atoms with Crippen molar-refractivity contribution in [3.05, 3.63) is 12.2 Å². The average molecular weight is 445 g/mol. The summed E-state index contributed by atoms with van der Waals surface area (Å²) >= 11 is 4.10. The minimum absolute atomic E-state index is 0.316. The van der Waals surface area contributed by atoms with Crippen molar-refractivity contribution in [3.63, 3.8) is 0 Å². The first-order chi connectivity index (χ1) is 12.8. The van der Waals surface area contributed by atoms with E-state index in [9.17, 15) is 4.79 Å². The number of rotatable bonds is 14. The zero-order valence-electron chi connectivity index (χ0n) is 17.7. The highest BCUT2D eigenvalue weighted by atomic mass is 32.1. The standard InChI is InChI=1S/C10H20O5Si.C6H16O3SSi/c1-9(2)10(11)15-7-6-8-16(12-3,13-4)14-5;1-7-11(8-2,9-3)6-4-5-10/h1,6-8H2,2-5H3;10H,4-6H2,1-3H3. The van der Waals surface area contributed by atoms with Gasteiger partial charge in [0.15, 0.2) is 0 Å². The molecule has 0 aromatic carbocycles. The number of carbonyl (C=O) groups excluding carboxylic acids is 1. The predicted octanol–water partition coefficient (Wildman–Crippen LogP) is 2.56. The van der Waals surface area contributed by atoms with Gasteiger partial charge in [-0.15, -0.1) is 0 Å². The van der Waals surface area contributed by atoms with Crippen LogP contribution in [0.1, 0.15) is 19.8 Å². The maximum Gasteiger partial charge on any atom is 0.500 e. The Morgan fingerprint density at radius 1 is 0.815 bits per heavy atom. The molecule has 8 nitrogen and oxygen atoms in total. The second-order valence-electron chi connectivity index (χ2n) is 5.44. The van der Waals surface area contributed by atoms with Gasteiger partial charge in [-0.2, -0.15) is 12.6 Å². The van der Waals surface area contributed by atoms with Crippen molar-refractivity contribution in [2.75, 3.05) is 55.0 Å². The maximum atomic E-state index is 11.1. The summed E-state index contributed by atoms with van der Waals surface area (Å²) in [7, 11) is 4.71. The zero-order chi connectivity index (χ0) is 21.3. The number of esters is 1. The van der Waals surface area contributed by atoms with E-state index in [0.29, 0.717) is 24.6 Å². The second-order valence-corrected chi connectivity index (χ2v) is 12.1. The molecule has 0 aliphatic rings. The number of hydrogen-bond acceptors (Lipinski definition) is 9. The Bertz CT molecular complexity index is 387. The lowest BCUT2D eigenvalue weighted by atomic mass is 10.4. The van der Waals surface area contributed by atoms with Crippen molar-refractivity contribution >= 4 is 36.2 Å². The van der Waals surface area contributed by atoms with Crippen molar-refractivity contribution in [2.24, 2.45) is 0 Å². The smallest absolute Gasteiger partial charge is 0.462 e. The van der Waals surface area contributed by atoms with Gasteiger partial charge in [0, 0.05) is 60.3 Å². The number of ether oxygens (including phenoxy) is 1. The van der Waals surface area contributed by atoms with Crippen LogP contribution in [0, 0.1) is 0 Å². The summed E-state index contributed by atoms with van der Waals surface area (Å²) in [6.07, 6.45) is 1.60. The molecule has 0 amide bonds. The van der Waals surface area contributed by atoms with Crippen LogP contribution in [0.4, 0.5) is 0 Å². The van der Waals surface area contributed by atoms with Gasteiger partial charge in [-0.05, 0) is 25.5 Å². The number of carbonyl (C=O) groups is 1. The zero-order valence-corrected chi connectivity index (χ0v) is 20.6. The molecule has 0 rings (SSSR count). The van der Waals surface area contributed by atoms with E-state index in [1.54, 1.807) is 49.6 Å². The molecule has 0 heterocycles. The van der Waals surface area contributed by atoms with Crippen molar-refractivity contribution in [2.45, 2.75) is 31.9 Å². The summed E-state index contributed by atoms with van der Waals surface area (Å²) < 4.78 is 36.2. The van der Waals surface area contributed by atoms with Crippen LogP contribution in [0.5, 0.6) is 0 Å². The van der Waals surface area contributed by atoms with Crippen LogP contribution in [0.2, 0.25) is 12.1 Å². The van der Waals surface area contributed by atoms with Crippen molar-refractivity contribution in [1.82, 2.24) is 0 Å². The molecule has 0 radical (unpaired) electrons. The third-order valence-corrected chi connectivity index (χ3v) is 9.70. The van der Waals surface area contributed by atoms with Gasteiger partial charge in [0.1, 0.15) is 0 Å². The Kier molecular flexibility index (Phi) is 17.9. The Balaban J connectivity index is 0. The molecule has 0 spiro atoms. The van der Waals surface area contributed by atoms with Crippen molar-refractivity contribution in [3.8, 4) is 0 Å². The van der Waals surface area contributed by atoms with Crippen LogP contribution in [0.25, 0.3) is 0 Å². The summed E-state index contributed by atoms with van der Waals surface area (Å²) in [4.78, 5) is 11.1. The Morgan fingerprint density at radius 3 is 1.48 bits per heavy atom. The van der Waals surface area contributed by atoms with E-state index in [1.165, 1.54) is 0 Å². The fourth-order valence-electron chi connectivity index (χ4n) is 1.98. The SMILES string of the molecule is C=C(C)C(=O)OCCC[Si](OC)(OC)OC.CO[Si](CCCS)(OC)OC. The Morgan fingerprint density at radius 2 is 1.19 bits per heavy atom. The lowest BCUT2D eigenvalue weighted by Gasteiger charge is -2.24. The van der Waals surface area contributed by atoms with Crippen LogP contribution in [-0.4, -0.2) is 78.6 Å². The van der Waals surface area contributed by atoms with Crippen LogP contribution in [0.15, 0.2) is 12.2 Å². The molecular formula is C16H36O8SSi2. The molecule has 11 heteroatoms. The van der Waals surface area contributed by atoms with E-state index in [2.05, 4.69) is 19.2 Å². The van der Waals surface area contributed by atoms with Gasteiger partial charge < -0.3 is 31.3 Å². The largest absolute Gasteiger partial charge is 0.500 e. The van der Waals surface area contributed by atoms with Gasteiger partial charge in [-0.3, -0.25) is 0 Å². The molecule has 0 saturated carbocycles. The fourth-order valence-corrected chi connectivity index (χ4v) is 5.85. The summed E-state index contributed by atoms with van der Waals surface area (Å²) in [5.74, 6) is 0.463. The summed E-state index contributed by atoms with van der Waals surface area (Å²) in [6.45, 7) is 5.42. The molecule has 0 aliphatic carbocycles. The van der Waals surface area contributed by atoms with E-state index in [1.807, 2.05) is 0 Å². The van der Waals surface area contributed by atoms with Crippen LogP contribution >= 0.6 is 12.6 Å². The van der Waals surface area contributed by atoms with E-state index < -0.39 is 17.6 Å². The van der Waals surface area contributed by atoms with E-state index >= 15 is 0 Å². The Labute approximate surface area is 171 Å². The monoisotopic (exact) mass is 444 g/mol. The molecule has 0 bridgehead atoms. The summed E-state index contributed by atoms with van der Waals surface area (Å²) in [5.41, 5.74) is 0.397. The van der Waals surface area contributed by atoms with E-state index in [-0.39, 0.29) is 5.97 Å². The van der Waals surface area contributed by atoms with Gasteiger partial charge in [0.25, 0.3) is 0 Å². The van der Waals surface area contributed by atoms with Gasteiger partial charge in [-0.1, -0.05) is 6.58 Å². The molecule has 0 aliphatic heterocycles. The van der Waals surface area contributed by atoms with Gasteiger partial charge >= 0.3 is 23.6 Å². The molecule has 0 aromatic heterocycles. The molecule has 0 N–H and O–H groups in total.